The first-order valence-electron chi connectivity index (χ1n) is 14.6. The minimum atomic E-state index is -1.08. The second-order valence-electron chi connectivity index (χ2n) is 10.6. The van der Waals surface area contributed by atoms with Crippen LogP contribution < -0.4 is 5.32 Å². The van der Waals surface area contributed by atoms with E-state index in [2.05, 4.69) is 34.0 Å². The van der Waals surface area contributed by atoms with Crippen molar-refractivity contribution in [3.05, 3.63) is 59.9 Å². The number of aromatic carboxylic acids is 1. The van der Waals surface area contributed by atoms with Gasteiger partial charge < -0.3 is 20.3 Å². The maximum absolute atomic E-state index is 13.8. The van der Waals surface area contributed by atoms with E-state index in [9.17, 15) is 19.5 Å². The third-order valence-corrected chi connectivity index (χ3v) is 8.79. The molecule has 0 aliphatic carbocycles. The summed E-state index contributed by atoms with van der Waals surface area (Å²) >= 11 is 1.17. The van der Waals surface area contributed by atoms with Crippen LogP contribution in [0.3, 0.4) is 0 Å². The van der Waals surface area contributed by atoms with Crippen LogP contribution in [-0.4, -0.2) is 86.7 Å². The van der Waals surface area contributed by atoms with Crippen LogP contribution in [0.4, 0.5) is 0 Å². The number of fused-ring (bicyclic) bond motifs is 1. The quantitative estimate of drug-likeness (QED) is 0.229. The number of nitrogens with one attached hydrogen (secondary N) is 2. The molecule has 0 bridgehead atoms. The summed E-state index contributed by atoms with van der Waals surface area (Å²) in [5.74, 6) is -1.45. The Morgan fingerprint density at radius 1 is 1.02 bits per heavy atom. The zero-order valence-electron chi connectivity index (χ0n) is 24.0. The number of pyridine rings is 1. The van der Waals surface area contributed by atoms with Gasteiger partial charge in [0.1, 0.15) is 16.8 Å². The summed E-state index contributed by atoms with van der Waals surface area (Å²) in [6.45, 7) is 7.26. The summed E-state index contributed by atoms with van der Waals surface area (Å²) < 4.78 is 0. The van der Waals surface area contributed by atoms with Crippen LogP contribution >= 0.6 is 11.8 Å². The summed E-state index contributed by atoms with van der Waals surface area (Å²) in [5.41, 5.74) is 1.29. The molecule has 0 saturated carbocycles. The number of hydrogen-bond acceptors (Lipinski definition) is 6. The van der Waals surface area contributed by atoms with E-state index in [1.54, 1.807) is 12.1 Å². The molecule has 0 radical (unpaired) electrons. The Morgan fingerprint density at radius 3 is 2.39 bits per heavy atom. The second kappa shape index (κ2) is 15.0. The fraction of sp³-hybridized carbons (Fsp3) is 0.484. The van der Waals surface area contributed by atoms with E-state index in [0.29, 0.717) is 29.9 Å². The molecule has 2 aromatic heterocycles. The molecule has 4 rings (SSSR count). The third-order valence-electron chi connectivity index (χ3n) is 7.69. The van der Waals surface area contributed by atoms with Gasteiger partial charge in [0.05, 0.1) is 5.56 Å². The number of unbranched alkanes of at least 4 members (excludes halogenated alkanes) is 2. The van der Waals surface area contributed by atoms with Crippen LogP contribution in [-0.2, 0) is 4.79 Å². The van der Waals surface area contributed by atoms with Crippen LogP contribution in [0.25, 0.3) is 10.9 Å². The van der Waals surface area contributed by atoms with Gasteiger partial charge in [-0.05, 0) is 37.1 Å². The number of piperazine rings is 1. The van der Waals surface area contributed by atoms with E-state index < -0.39 is 12.0 Å². The number of benzene rings is 1. The van der Waals surface area contributed by atoms with Gasteiger partial charge >= 0.3 is 5.97 Å². The van der Waals surface area contributed by atoms with Gasteiger partial charge in [0.2, 0.25) is 5.91 Å². The van der Waals surface area contributed by atoms with Crippen LogP contribution in [0.15, 0.2) is 53.7 Å². The molecular formula is C31H41N5O4S. The highest BCUT2D eigenvalue weighted by molar-refractivity contribution is 7.99. The number of para-hydroxylation sites is 1. The van der Waals surface area contributed by atoms with E-state index >= 15 is 0 Å². The van der Waals surface area contributed by atoms with Crippen molar-refractivity contribution in [1.82, 2.24) is 25.1 Å². The molecule has 220 valence electrons. The Kier molecular flexibility index (Phi) is 11.2. The molecule has 3 aromatic rings. The number of amides is 2. The number of hydrogen-bond donors (Lipinski definition) is 3. The fourth-order valence-electron chi connectivity index (χ4n) is 5.35. The first-order valence-corrected chi connectivity index (χ1v) is 15.6. The Bertz CT molecular complexity index is 1280. The van der Waals surface area contributed by atoms with Gasteiger partial charge in [-0.15, -0.1) is 11.8 Å². The number of H-pyrrole nitrogens is 1. The topological polar surface area (TPSA) is 119 Å². The first-order chi connectivity index (χ1) is 19.9. The van der Waals surface area contributed by atoms with Crippen molar-refractivity contribution < 1.29 is 19.5 Å². The molecule has 10 heteroatoms. The van der Waals surface area contributed by atoms with Gasteiger partial charge in [-0.1, -0.05) is 57.7 Å². The van der Waals surface area contributed by atoms with Crippen molar-refractivity contribution >= 4 is 40.4 Å². The second-order valence-corrected chi connectivity index (χ2v) is 11.6. The highest BCUT2D eigenvalue weighted by Crippen LogP contribution is 2.23. The van der Waals surface area contributed by atoms with Gasteiger partial charge in [-0.25, -0.2) is 9.78 Å². The molecule has 1 unspecified atom stereocenters. The highest BCUT2D eigenvalue weighted by atomic mass is 32.2. The van der Waals surface area contributed by atoms with E-state index in [-0.39, 0.29) is 23.1 Å². The van der Waals surface area contributed by atoms with E-state index in [0.717, 1.165) is 24.0 Å². The zero-order chi connectivity index (χ0) is 29.2. The van der Waals surface area contributed by atoms with Crippen LogP contribution in [0.2, 0.25) is 0 Å². The monoisotopic (exact) mass is 579 g/mol. The van der Waals surface area contributed by atoms with Crippen molar-refractivity contribution in [2.24, 2.45) is 0 Å². The first kappa shape index (κ1) is 30.6. The molecule has 0 spiro atoms. The summed E-state index contributed by atoms with van der Waals surface area (Å²) in [7, 11) is 0. The average Bonchev–Trinajstić information content (AvgIpc) is 3.44. The number of carboxylic acid groups (broad SMARTS) is 1. The predicted molar refractivity (Wildman–Crippen MR) is 162 cm³/mol. The van der Waals surface area contributed by atoms with Crippen molar-refractivity contribution in [1.29, 1.82) is 0 Å². The van der Waals surface area contributed by atoms with Gasteiger partial charge in [0.25, 0.3) is 5.91 Å². The zero-order valence-corrected chi connectivity index (χ0v) is 24.8. The van der Waals surface area contributed by atoms with E-state index in [4.69, 9.17) is 0 Å². The molecule has 1 saturated heterocycles. The Balaban J connectivity index is 1.47. The number of rotatable bonds is 14. The number of nitrogens with zero attached hydrogens (tertiary/aromatic N) is 3. The van der Waals surface area contributed by atoms with Gasteiger partial charge in [-0.3, -0.25) is 14.5 Å². The highest BCUT2D eigenvalue weighted by Gasteiger charge is 2.31. The molecule has 9 nitrogen and oxygen atoms in total. The molecule has 1 aliphatic rings. The number of aromatic nitrogens is 2. The predicted octanol–water partition coefficient (Wildman–Crippen LogP) is 5.05. The third kappa shape index (κ3) is 8.10. The molecule has 1 aliphatic heterocycles. The number of carbonyl (C=O) groups excluding carboxylic acids is 2. The Labute approximate surface area is 246 Å². The lowest BCUT2D eigenvalue weighted by molar-refractivity contribution is -0.134. The smallest absolute Gasteiger partial charge is 0.338 e. The average molecular weight is 580 g/mol. The molecule has 1 aromatic carbocycles. The maximum atomic E-state index is 13.8. The van der Waals surface area contributed by atoms with Crippen molar-refractivity contribution in [3.8, 4) is 0 Å². The van der Waals surface area contributed by atoms with Gasteiger partial charge in [-0.2, -0.15) is 0 Å². The van der Waals surface area contributed by atoms with Gasteiger partial charge in [0.15, 0.2) is 0 Å². The molecular weight excluding hydrogens is 538 g/mol. The molecule has 2 amide bonds. The molecule has 3 N–H and O–H groups in total. The number of aromatic amines is 1. The van der Waals surface area contributed by atoms with E-state index in [1.165, 1.54) is 62.6 Å². The standard InChI is InChI=1S/C31H41N5O4S/c1-3-5-11-23(12-6-4-2)35-16-18-36(19-17-35)30(38)27(21-41-29-24(31(39)40)13-9-15-32-29)34-28(37)26-20-22-10-7-8-14-25(22)33-26/h7-10,13-15,20,23,27,33H,3-6,11-12,16-19,21H2,1-2H3,(H,34,37)(H,39,40). The maximum Gasteiger partial charge on any atom is 0.338 e. The Hall–Kier alpha value is -3.37. The summed E-state index contributed by atoms with van der Waals surface area (Å²) in [6.07, 6.45) is 8.66. The largest absolute Gasteiger partial charge is 0.478 e. The summed E-state index contributed by atoms with van der Waals surface area (Å²) in [6, 6.07) is 12.1. The number of carboxylic acids is 1. The SMILES string of the molecule is CCCCC(CCCC)N1CCN(C(=O)C(CSc2ncccc2C(=O)O)NC(=O)c2cc3ccccc3[nH]2)CC1. The van der Waals surface area contributed by atoms with Crippen molar-refractivity contribution in [2.45, 2.75) is 69.5 Å². The lowest BCUT2D eigenvalue weighted by Gasteiger charge is -2.40. The molecule has 41 heavy (non-hydrogen) atoms. The van der Waals surface area contributed by atoms with Gasteiger partial charge in [0, 0.05) is 55.1 Å². The normalized spacial score (nSPS) is 14.9. The molecule has 1 atom stereocenters. The van der Waals surface area contributed by atoms with E-state index in [1.807, 2.05) is 29.2 Å². The molecule has 1 fully saturated rings. The Morgan fingerprint density at radius 2 is 1.73 bits per heavy atom. The summed E-state index contributed by atoms with van der Waals surface area (Å²) in [4.78, 5) is 50.5. The lowest BCUT2D eigenvalue weighted by Crippen LogP contribution is -2.57. The van der Waals surface area contributed by atoms with Crippen LogP contribution in [0, 0.1) is 0 Å². The minimum absolute atomic E-state index is 0.0736. The minimum Gasteiger partial charge on any atom is -0.478 e. The molecule has 3 heterocycles. The summed E-state index contributed by atoms with van der Waals surface area (Å²) in [5, 5.41) is 13.7. The number of thioether (sulfide) groups is 1. The fourth-order valence-corrected chi connectivity index (χ4v) is 6.35. The van der Waals surface area contributed by atoms with Crippen molar-refractivity contribution in [3.63, 3.8) is 0 Å². The van der Waals surface area contributed by atoms with Crippen molar-refractivity contribution in [2.75, 3.05) is 31.9 Å². The van der Waals surface area contributed by atoms with Crippen LogP contribution in [0.1, 0.15) is 73.2 Å². The lowest BCUT2D eigenvalue weighted by atomic mass is 10.0. The number of carbonyl (C=O) groups is 3. The van der Waals surface area contributed by atoms with Crippen LogP contribution in [0.5, 0.6) is 0 Å².